The molecule has 3 aromatic rings. The number of allylic oxidation sites excluding steroid dienone is 1. The molecule has 132 valence electrons. The number of carbonyl (C=O) groups is 1. The molecule has 0 spiro atoms. The second-order valence-electron chi connectivity index (χ2n) is 6.23. The highest BCUT2D eigenvalue weighted by atomic mass is 16.3. The molecule has 1 amide bonds. The van der Waals surface area contributed by atoms with E-state index < -0.39 is 0 Å². The van der Waals surface area contributed by atoms with Gasteiger partial charge in [0.1, 0.15) is 12.1 Å². The van der Waals surface area contributed by atoms with Crippen molar-refractivity contribution < 1.29 is 9.21 Å². The van der Waals surface area contributed by atoms with Crippen molar-refractivity contribution >= 4 is 22.8 Å². The van der Waals surface area contributed by atoms with E-state index in [2.05, 4.69) is 20.3 Å². The molecule has 1 aliphatic heterocycles. The summed E-state index contributed by atoms with van der Waals surface area (Å²) in [5, 5.41) is 2.91. The molecule has 4 rings (SSSR count). The highest BCUT2D eigenvalue weighted by Crippen LogP contribution is 2.24. The van der Waals surface area contributed by atoms with Crippen molar-refractivity contribution in [1.82, 2.24) is 19.7 Å². The Bertz CT molecular complexity index is 998. The maximum Gasteiger partial charge on any atom is 0.273 e. The molecular formula is C19H19N5O2. The van der Waals surface area contributed by atoms with Crippen LogP contribution in [0.4, 0.5) is 0 Å². The van der Waals surface area contributed by atoms with Crippen LogP contribution in [0.5, 0.6) is 0 Å². The van der Waals surface area contributed by atoms with E-state index in [-0.39, 0.29) is 5.91 Å². The van der Waals surface area contributed by atoms with Gasteiger partial charge in [0, 0.05) is 42.3 Å². The zero-order valence-corrected chi connectivity index (χ0v) is 14.5. The first-order valence-electron chi connectivity index (χ1n) is 8.58. The highest BCUT2D eigenvalue weighted by Gasteiger charge is 2.16. The van der Waals surface area contributed by atoms with Crippen LogP contribution in [0.25, 0.3) is 11.2 Å². The third-order valence-corrected chi connectivity index (χ3v) is 4.36. The minimum absolute atomic E-state index is 0.214. The van der Waals surface area contributed by atoms with Gasteiger partial charge in [0.15, 0.2) is 11.3 Å². The Hall–Kier alpha value is -3.22. The molecule has 0 radical (unpaired) electrons. The molecule has 1 N–H and O–H groups in total. The van der Waals surface area contributed by atoms with Crippen LogP contribution in [0.3, 0.4) is 0 Å². The normalized spacial score (nSPS) is 14.2. The summed E-state index contributed by atoms with van der Waals surface area (Å²) < 4.78 is 7.14. The lowest BCUT2D eigenvalue weighted by Gasteiger charge is -2.12. The van der Waals surface area contributed by atoms with Gasteiger partial charge in [-0.3, -0.25) is 14.2 Å². The van der Waals surface area contributed by atoms with Gasteiger partial charge in [-0.05, 0) is 38.0 Å². The minimum atomic E-state index is -0.214. The molecule has 0 atom stereocenters. The van der Waals surface area contributed by atoms with Crippen molar-refractivity contribution in [3.05, 3.63) is 60.3 Å². The van der Waals surface area contributed by atoms with Gasteiger partial charge in [0.2, 0.25) is 0 Å². The number of rotatable bonds is 5. The summed E-state index contributed by atoms with van der Waals surface area (Å²) in [7, 11) is 0. The molecule has 0 saturated carbocycles. The average molecular weight is 349 g/mol. The van der Waals surface area contributed by atoms with Crippen LogP contribution in [0.15, 0.2) is 52.6 Å². The maximum atomic E-state index is 12.4. The lowest BCUT2D eigenvalue weighted by Crippen LogP contribution is -2.27. The van der Waals surface area contributed by atoms with E-state index in [0.29, 0.717) is 24.3 Å². The molecule has 1 aliphatic rings. The SMILES string of the molecule is Cc1ccn2cnc(C(=O)NCCC3=NC=C(c4ccco4)CC3)c2n1. The third kappa shape index (κ3) is 3.28. The number of imidazole rings is 1. The van der Waals surface area contributed by atoms with Gasteiger partial charge >= 0.3 is 0 Å². The van der Waals surface area contributed by atoms with E-state index >= 15 is 0 Å². The molecule has 7 heteroatoms. The predicted molar refractivity (Wildman–Crippen MR) is 98.0 cm³/mol. The van der Waals surface area contributed by atoms with E-state index in [0.717, 1.165) is 35.6 Å². The average Bonchev–Trinajstić information content (AvgIpc) is 3.32. The number of aromatic nitrogens is 3. The number of hydrogen-bond acceptors (Lipinski definition) is 5. The Morgan fingerprint density at radius 3 is 3.04 bits per heavy atom. The molecule has 0 saturated heterocycles. The van der Waals surface area contributed by atoms with E-state index in [1.54, 1.807) is 17.0 Å². The van der Waals surface area contributed by atoms with Gasteiger partial charge < -0.3 is 9.73 Å². The van der Waals surface area contributed by atoms with Gasteiger partial charge in [-0.25, -0.2) is 9.97 Å². The van der Waals surface area contributed by atoms with E-state index in [1.807, 2.05) is 37.5 Å². The highest BCUT2D eigenvalue weighted by molar-refractivity contribution is 5.98. The fourth-order valence-electron chi connectivity index (χ4n) is 2.95. The number of aliphatic imine (C=N–C) groups is 1. The number of fused-ring (bicyclic) bond motifs is 1. The van der Waals surface area contributed by atoms with Gasteiger partial charge in [-0.15, -0.1) is 0 Å². The number of aryl methyl sites for hydroxylation is 1. The van der Waals surface area contributed by atoms with Crippen LogP contribution >= 0.6 is 0 Å². The summed E-state index contributed by atoms with van der Waals surface area (Å²) in [6.07, 6.45) is 9.46. The lowest BCUT2D eigenvalue weighted by molar-refractivity contribution is 0.0952. The van der Waals surface area contributed by atoms with Crippen molar-refractivity contribution in [1.29, 1.82) is 0 Å². The van der Waals surface area contributed by atoms with E-state index in [4.69, 9.17) is 4.42 Å². The molecule has 7 nitrogen and oxygen atoms in total. The number of nitrogens with zero attached hydrogens (tertiary/aromatic N) is 4. The van der Waals surface area contributed by atoms with E-state index in [1.165, 1.54) is 0 Å². The summed E-state index contributed by atoms with van der Waals surface area (Å²) in [6, 6.07) is 5.69. The van der Waals surface area contributed by atoms with Crippen molar-refractivity contribution in [3.8, 4) is 0 Å². The van der Waals surface area contributed by atoms with Gasteiger partial charge in [0.25, 0.3) is 5.91 Å². The smallest absolute Gasteiger partial charge is 0.273 e. The van der Waals surface area contributed by atoms with Crippen LogP contribution in [-0.2, 0) is 0 Å². The molecular weight excluding hydrogens is 330 g/mol. The zero-order chi connectivity index (χ0) is 17.9. The van der Waals surface area contributed by atoms with Crippen molar-refractivity contribution in [2.24, 2.45) is 4.99 Å². The maximum absolute atomic E-state index is 12.4. The Balaban J connectivity index is 1.36. The molecule has 0 bridgehead atoms. The third-order valence-electron chi connectivity index (χ3n) is 4.36. The predicted octanol–water partition coefficient (Wildman–Crippen LogP) is 3.03. The second-order valence-corrected chi connectivity index (χ2v) is 6.23. The molecule has 0 fully saturated rings. The number of furan rings is 1. The Labute approximate surface area is 150 Å². The fraction of sp³-hybridized carbons (Fsp3) is 0.263. The second kappa shape index (κ2) is 6.95. The molecule has 3 aromatic heterocycles. The minimum Gasteiger partial charge on any atom is -0.465 e. The molecule has 4 heterocycles. The first kappa shape index (κ1) is 16.3. The van der Waals surface area contributed by atoms with Gasteiger partial charge in [-0.1, -0.05) is 0 Å². The Morgan fingerprint density at radius 2 is 2.27 bits per heavy atom. The number of hydrogen-bond donors (Lipinski definition) is 1. The molecule has 0 aliphatic carbocycles. The van der Waals surface area contributed by atoms with Gasteiger partial charge in [0.05, 0.1) is 6.26 Å². The molecule has 26 heavy (non-hydrogen) atoms. The molecule has 0 aromatic carbocycles. The Morgan fingerprint density at radius 1 is 1.35 bits per heavy atom. The summed E-state index contributed by atoms with van der Waals surface area (Å²) in [6.45, 7) is 2.41. The summed E-state index contributed by atoms with van der Waals surface area (Å²) >= 11 is 0. The lowest BCUT2D eigenvalue weighted by atomic mass is 10.0. The topological polar surface area (TPSA) is 84.8 Å². The van der Waals surface area contributed by atoms with Crippen molar-refractivity contribution in [2.75, 3.05) is 6.54 Å². The zero-order valence-electron chi connectivity index (χ0n) is 14.5. The number of nitrogens with one attached hydrogen (secondary N) is 1. The molecule has 0 unspecified atom stereocenters. The van der Waals surface area contributed by atoms with Crippen LogP contribution in [0, 0.1) is 6.92 Å². The quantitative estimate of drug-likeness (QED) is 0.767. The monoisotopic (exact) mass is 349 g/mol. The first-order chi connectivity index (χ1) is 12.7. The van der Waals surface area contributed by atoms with Gasteiger partial charge in [-0.2, -0.15) is 0 Å². The van der Waals surface area contributed by atoms with E-state index in [9.17, 15) is 4.79 Å². The number of carbonyl (C=O) groups excluding carboxylic acids is 1. The van der Waals surface area contributed by atoms with Crippen molar-refractivity contribution in [2.45, 2.75) is 26.2 Å². The number of amides is 1. The standard InChI is InChI=1S/C19H19N5O2/c1-13-7-9-24-12-22-17(18(24)23-13)19(25)20-8-6-15-5-4-14(11-21-15)16-3-2-10-26-16/h2-3,7,9-12H,4-6,8H2,1H3,(H,20,25). The summed E-state index contributed by atoms with van der Waals surface area (Å²) in [5.41, 5.74) is 3.95. The van der Waals surface area contributed by atoms with Crippen LogP contribution in [0.1, 0.15) is 41.2 Å². The first-order valence-corrected chi connectivity index (χ1v) is 8.58. The van der Waals surface area contributed by atoms with Crippen molar-refractivity contribution in [3.63, 3.8) is 0 Å². The van der Waals surface area contributed by atoms with Crippen LogP contribution in [-0.4, -0.2) is 32.5 Å². The van der Waals surface area contributed by atoms with Crippen LogP contribution < -0.4 is 5.32 Å². The fourth-order valence-corrected chi connectivity index (χ4v) is 2.95. The Kier molecular flexibility index (Phi) is 4.35. The summed E-state index contributed by atoms with van der Waals surface area (Å²) in [4.78, 5) is 25.5. The largest absolute Gasteiger partial charge is 0.465 e. The van der Waals surface area contributed by atoms with Crippen LogP contribution in [0.2, 0.25) is 0 Å². The summed E-state index contributed by atoms with van der Waals surface area (Å²) in [5.74, 6) is 0.657.